The number of fused-ring (bicyclic) bond motifs is 3. The first kappa shape index (κ1) is 20.8. The number of allylic oxidation sites excluding steroid dienone is 1. The van der Waals surface area contributed by atoms with Gasteiger partial charge in [0.05, 0.1) is 24.5 Å². The second-order valence-corrected chi connectivity index (χ2v) is 8.60. The third kappa shape index (κ3) is 3.71. The van der Waals surface area contributed by atoms with E-state index in [4.69, 9.17) is 14.7 Å². The molecule has 166 valence electrons. The highest BCUT2D eigenvalue weighted by atomic mass is 19.1. The number of aliphatic imine (C=N–C) groups is 1. The number of halogens is 1. The van der Waals surface area contributed by atoms with Crippen LogP contribution >= 0.6 is 0 Å². The quantitative estimate of drug-likeness (QED) is 0.607. The number of aromatic amines is 1. The summed E-state index contributed by atoms with van der Waals surface area (Å²) in [5.74, 6) is 0.287. The van der Waals surface area contributed by atoms with E-state index in [0.717, 1.165) is 52.9 Å². The van der Waals surface area contributed by atoms with Crippen molar-refractivity contribution in [3.63, 3.8) is 0 Å². The summed E-state index contributed by atoms with van der Waals surface area (Å²) in [7, 11) is 0. The van der Waals surface area contributed by atoms with Gasteiger partial charge in [-0.1, -0.05) is 12.5 Å². The molecule has 7 heteroatoms. The van der Waals surface area contributed by atoms with Crippen molar-refractivity contribution in [3.8, 4) is 5.75 Å². The largest absolute Gasteiger partial charge is 0.493 e. The number of H-pyrrole nitrogens is 1. The van der Waals surface area contributed by atoms with Crippen LogP contribution in [-0.4, -0.2) is 45.0 Å². The summed E-state index contributed by atoms with van der Waals surface area (Å²) in [4.78, 5) is 17.8. The van der Waals surface area contributed by atoms with Crippen LogP contribution < -0.4 is 4.74 Å². The molecule has 2 atom stereocenters. The molecule has 2 N–H and O–H groups in total. The van der Waals surface area contributed by atoms with Gasteiger partial charge in [0.1, 0.15) is 17.1 Å². The van der Waals surface area contributed by atoms with Crippen molar-refractivity contribution < 1.29 is 14.2 Å². The Morgan fingerprint density at radius 1 is 1.25 bits per heavy atom. The fourth-order valence-electron chi connectivity index (χ4n) is 4.90. The number of hydrogen-bond donors (Lipinski definition) is 2. The Hall–Kier alpha value is -3.06. The van der Waals surface area contributed by atoms with Gasteiger partial charge in [-0.3, -0.25) is 4.99 Å². The minimum Gasteiger partial charge on any atom is -0.493 e. The lowest BCUT2D eigenvalue weighted by molar-refractivity contribution is 0.273. The van der Waals surface area contributed by atoms with Crippen LogP contribution in [0.5, 0.6) is 5.75 Å². The van der Waals surface area contributed by atoms with Crippen LogP contribution in [-0.2, 0) is 0 Å². The van der Waals surface area contributed by atoms with E-state index in [2.05, 4.69) is 9.97 Å². The molecule has 0 radical (unpaired) electrons. The normalized spacial score (nSPS) is 21.2. The molecule has 32 heavy (non-hydrogen) atoms. The van der Waals surface area contributed by atoms with Gasteiger partial charge in [-0.15, -0.1) is 0 Å². The second kappa shape index (κ2) is 8.47. The molecular formula is C25H27FN4O2. The fourth-order valence-corrected chi connectivity index (χ4v) is 4.90. The Morgan fingerprint density at radius 2 is 2.12 bits per heavy atom. The third-order valence-corrected chi connectivity index (χ3v) is 6.57. The molecule has 2 unspecified atom stereocenters. The molecule has 0 saturated carbocycles. The van der Waals surface area contributed by atoms with Gasteiger partial charge >= 0.3 is 0 Å². The summed E-state index contributed by atoms with van der Waals surface area (Å²) in [6, 6.07) is 4.80. The van der Waals surface area contributed by atoms with Crippen molar-refractivity contribution in [2.45, 2.75) is 51.5 Å². The number of aliphatic hydroxyl groups excluding tert-OH is 1. The number of rotatable bonds is 2. The van der Waals surface area contributed by atoms with Gasteiger partial charge in [0.15, 0.2) is 5.65 Å². The summed E-state index contributed by atoms with van der Waals surface area (Å²) in [6.07, 6.45) is 6.81. The molecule has 1 aromatic carbocycles. The zero-order valence-electron chi connectivity index (χ0n) is 18.4. The molecule has 3 aromatic rings. The van der Waals surface area contributed by atoms with Crippen LogP contribution in [0.15, 0.2) is 41.2 Å². The number of aliphatic hydroxyl groups is 1. The van der Waals surface area contributed by atoms with E-state index in [1.165, 1.54) is 11.6 Å². The van der Waals surface area contributed by atoms with E-state index >= 15 is 0 Å². The fraction of sp³-hybridized carbons (Fsp3) is 0.400. The molecular weight excluding hydrogens is 407 g/mol. The molecule has 6 nitrogen and oxygen atoms in total. The summed E-state index contributed by atoms with van der Waals surface area (Å²) >= 11 is 0. The molecule has 5 rings (SSSR count). The Labute approximate surface area is 186 Å². The topological polar surface area (TPSA) is 83.4 Å². The minimum atomic E-state index is -0.284. The Balaban J connectivity index is 1.70. The average molecular weight is 435 g/mol. The number of hydrogen-bond acceptors (Lipinski definition) is 5. The van der Waals surface area contributed by atoms with Gasteiger partial charge in [-0.25, -0.2) is 14.4 Å². The first-order valence-corrected chi connectivity index (χ1v) is 11.2. The zero-order chi connectivity index (χ0) is 22.2. The van der Waals surface area contributed by atoms with Crippen molar-refractivity contribution in [2.24, 2.45) is 4.99 Å². The van der Waals surface area contributed by atoms with E-state index in [0.29, 0.717) is 24.4 Å². The van der Waals surface area contributed by atoms with E-state index in [1.54, 1.807) is 18.3 Å². The summed E-state index contributed by atoms with van der Waals surface area (Å²) in [6.45, 7) is 4.66. The van der Waals surface area contributed by atoms with Crippen LogP contribution in [0.1, 0.15) is 62.3 Å². The van der Waals surface area contributed by atoms with Crippen LogP contribution in [0, 0.1) is 5.82 Å². The molecule has 2 aliphatic heterocycles. The first-order chi connectivity index (χ1) is 15.5. The van der Waals surface area contributed by atoms with Gasteiger partial charge < -0.3 is 14.8 Å². The molecule has 0 saturated heterocycles. The number of ether oxygens (including phenoxy) is 1. The van der Waals surface area contributed by atoms with Gasteiger partial charge in [0.25, 0.3) is 0 Å². The average Bonchev–Trinajstić information content (AvgIpc) is 3.13. The number of aromatic nitrogens is 3. The molecule has 2 bridgehead atoms. The Bertz CT molecular complexity index is 1230. The predicted molar refractivity (Wildman–Crippen MR) is 123 cm³/mol. The summed E-state index contributed by atoms with van der Waals surface area (Å²) < 4.78 is 20.3. The van der Waals surface area contributed by atoms with Crippen LogP contribution in [0.2, 0.25) is 0 Å². The van der Waals surface area contributed by atoms with Crippen molar-refractivity contribution in [2.75, 3.05) is 13.2 Å². The smallest absolute Gasteiger partial charge is 0.156 e. The highest BCUT2D eigenvalue weighted by molar-refractivity contribution is 6.23. The van der Waals surface area contributed by atoms with Gasteiger partial charge in [0, 0.05) is 47.6 Å². The standard InChI is InChI=1S/C25H27FN4O2/c1-14-19-11-17(26)4-6-22(19)32-10-8-16-3-5-18(7-9-31)29-15(2)23(16)21-13-28-25-24(30-21)20(14)12-27-25/h4,6,11-14,18,31H,3,5,7-10H2,1-2H3,(H,27,28). The molecule has 0 spiro atoms. The molecule has 0 amide bonds. The van der Waals surface area contributed by atoms with Crippen molar-refractivity contribution >= 4 is 22.4 Å². The lowest BCUT2D eigenvalue weighted by Gasteiger charge is -2.19. The first-order valence-electron chi connectivity index (χ1n) is 11.2. The zero-order valence-corrected chi connectivity index (χ0v) is 18.4. The Kier molecular flexibility index (Phi) is 5.51. The van der Waals surface area contributed by atoms with E-state index in [9.17, 15) is 9.50 Å². The molecule has 0 fully saturated rings. The highest BCUT2D eigenvalue weighted by Crippen LogP contribution is 2.37. The lowest BCUT2D eigenvalue weighted by atomic mass is 9.92. The van der Waals surface area contributed by atoms with Gasteiger partial charge in [-0.2, -0.15) is 0 Å². The number of benzene rings is 1. The number of nitrogens with one attached hydrogen (secondary N) is 1. The summed E-state index contributed by atoms with van der Waals surface area (Å²) in [5.41, 5.74) is 7.22. The molecule has 0 aliphatic carbocycles. The molecule has 4 heterocycles. The van der Waals surface area contributed by atoms with E-state index < -0.39 is 0 Å². The maximum Gasteiger partial charge on any atom is 0.156 e. The maximum atomic E-state index is 14.1. The second-order valence-electron chi connectivity index (χ2n) is 8.60. The summed E-state index contributed by atoms with van der Waals surface area (Å²) in [5, 5.41) is 9.43. The predicted octanol–water partition coefficient (Wildman–Crippen LogP) is 4.79. The van der Waals surface area contributed by atoms with Crippen LogP contribution in [0.25, 0.3) is 16.7 Å². The van der Waals surface area contributed by atoms with Crippen LogP contribution in [0.3, 0.4) is 0 Å². The van der Waals surface area contributed by atoms with Crippen molar-refractivity contribution in [3.05, 3.63) is 58.8 Å². The monoisotopic (exact) mass is 434 g/mol. The molecule has 2 aliphatic rings. The SMILES string of the molecule is CC1=NC(CCO)CCC2=C1c1cnc3[nH]cc(c3n1)C(C)c1cc(F)ccc1OCC2. The minimum absolute atomic E-state index is 0.0901. The van der Waals surface area contributed by atoms with Crippen molar-refractivity contribution in [1.29, 1.82) is 0 Å². The van der Waals surface area contributed by atoms with Gasteiger partial charge in [0.2, 0.25) is 0 Å². The van der Waals surface area contributed by atoms with E-state index in [1.807, 2.05) is 20.0 Å². The lowest BCUT2D eigenvalue weighted by Crippen LogP contribution is -2.10. The van der Waals surface area contributed by atoms with E-state index in [-0.39, 0.29) is 24.4 Å². The molecule has 2 aromatic heterocycles. The Morgan fingerprint density at radius 3 is 2.97 bits per heavy atom. The maximum absolute atomic E-state index is 14.1. The number of nitrogens with zero attached hydrogens (tertiary/aromatic N) is 3. The van der Waals surface area contributed by atoms with Crippen molar-refractivity contribution in [1.82, 2.24) is 15.0 Å². The highest BCUT2D eigenvalue weighted by Gasteiger charge is 2.25. The third-order valence-electron chi connectivity index (χ3n) is 6.57. The van der Waals surface area contributed by atoms with Crippen LogP contribution in [0.4, 0.5) is 4.39 Å². The van der Waals surface area contributed by atoms with Gasteiger partial charge in [-0.05, 0) is 44.4 Å².